The first kappa shape index (κ1) is 10.5. The van der Waals surface area contributed by atoms with Gasteiger partial charge in [-0.15, -0.1) is 0 Å². The highest BCUT2D eigenvalue weighted by Gasteiger charge is 2.16. The Morgan fingerprint density at radius 1 is 1.36 bits per heavy atom. The maximum Gasteiger partial charge on any atom is 0.357 e. The van der Waals surface area contributed by atoms with Crippen LogP contribution in [0.1, 0.15) is 10.4 Å². The predicted octanol–water partition coefficient (Wildman–Crippen LogP) is 0.509. The van der Waals surface area contributed by atoms with Crippen LogP contribution in [0.2, 0.25) is 0 Å². The molecule has 0 aliphatic heterocycles. The molecule has 5 nitrogen and oxygen atoms in total. The van der Waals surface area contributed by atoms with E-state index in [1.54, 1.807) is 0 Å². The monoisotopic (exact) mass is 216 g/mol. The van der Waals surface area contributed by atoms with Crippen molar-refractivity contribution in [3.8, 4) is 5.75 Å². The summed E-state index contributed by atoms with van der Waals surface area (Å²) in [6.07, 6.45) is 0.755. The molecule has 0 radical (unpaired) electrons. The van der Waals surface area contributed by atoms with Gasteiger partial charge >= 0.3 is 16.1 Å². The van der Waals surface area contributed by atoms with Gasteiger partial charge in [0.05, 0.1) is 6.26 Å². The van der Waals surface area contributed by atoms with Crippen molar-refractivity contribution in [2.45, 2.75) is 0 Å². The molecule has 0 saturated carbocycles. The summed E-state index contributed by atoms with van der Waals surface area (Å²) < 4.78 is 25.3. The number of para-hydroxylation sites is 1. The number of phenols is 1. The Morgan fingerprint density at radius 2 is 1.93 bits per heavy atom. The lowest BCUT2D eigenvalue weighted by atomic mass is 10.2. The van der Waals surface area contributed by atoms with Gasteiger partial charge in [0.1, 0.15) is 11.3 Å². The molecule has 0 bridgehead atoms. The second-order valence-corrected chi connectivity index (χ2v) is 4.17. The normalized spacial score (nSPS) is 10.9. The highest BCUT2D eigenvalue weighted by Crippen LogP contribution is 2.16. The van der Waals surface area contributed by atoms with Gasteiger partial charge in [-0.05, 0) is 12.1 Å². The van der Waals surface area contributed by atoms with Gasteiger partial charge in [-0.3, -0.25) is 0 Å². The van der Waals surface area contributed by atoms with Gasteiger partial charge in [0.2, 0.25) is 0 Å². The fourth-order valence-corrected chi connectivity index (χ4v) is 1.19. The molecule has 0 fully saturated rings. The fraction of sp³-hybridized carbons (Fsp3) is 0.125. The van der Waals surface area contributed by atoms with Crippen LogP contribution in [0, 0.1) is 0 Å². The minimum Gasteiger partial charge on any atom is -0.507 e. The van der Waals surface area contributed by atoms with Crippen LogP contribution in [-0.4, -0.2) is 25.7 Å². The third-order valence-corrected chi connectivity index (χ3v) is 1.81. The average Bonchev–Trinajstić information content (AvgIpc) is 2.01. The van der Waals surface area contributed by atoms with Crippen LogP contribution in [-0.2, 0) is 14.3 Å². The van der Waals surface area contributed by atoms with Crippen LogP contribution in [0.4, 0.5) is 0 Å². The summed E-state index contributed by atoms with van der Waals surface area (Å²) in [5.74, 6) is -1.41. The molecule has 0 amide bonds. The van der Waals surface area contributed by atoms with Crippen molar-refractivity contribution < 1.29 is 22.5 Å². The van der Waals surface area contributed by atoms with E-state index in [1.807, 2.05) is 0 Å². The molecule has 14 heavy (non-hydrogen) atoms. The summed E-state index contributed by atoms with van der Waals surface area (Å²) in [6.45, 7) is 0. The zero-order valence-corrected chi connectivity index (χ0v) is 8.11. The van der Waals surface area contributed by atoms with Gasteiger partial charge in [-0.1, -0.05) is 12.1 Å². The van der Waals surface area contributed by atoms with E-state index in [0.29, 0.717) is 0 Å². The molecule has 1 aromatic rings. The smallest absolute Gasteiger partial charge is 0.357 e. The van der Waals surface area contributed by atoms with Crippen molar-refractivity contribution in [3.05, 3.63) is 29.8 Å². The first-order chi connectivity index (χ1) is 6.40. The molecule has 1 aromatic carbocycles. The van der Waals surface area contributed by atoms with E-state index in [1.165, 1.54) is 24.3 Å². The summed E-state index contributed by atoms with van der Waals surface area (Å²) >= 11 is 0. The Bertz CT molecular complexity index is 449. The molecule has 6 heteroatoms. The van der Waals surface area contributed by atoms with E-state index in [9.17, 15) is 18.3 Å². The highest BCUT2D eigenvalue weighted by atomic mass is 32.2. The molecule has 0 spiro atoms. The number of carbonyl (C=O) groups excluding carboxylic acids is 1. The zero-order valence-electron chi connectivity index (χ0n) is 7.30. The van der Waals surface area contributed by atoms with Crippen molar-refractivity contribution in [2.75, 3.05) is 6.26 Å². The Kier molecular flexibility index (Phi) is 2.76. The first-order valence-corrected chi connectivity index (χ1v) is 5.43. The lowest BCUT2D eigenvalue weighted by molar-refractivity contribution is 0.0745. The Balaban J connectivity index is 2.97. The standard InChI is InChI=1S/C8H8O5S/c1-14(11,12)13-8(10)6-4-2-3-5-7(6)9/h2-5,9H,1H3. The summed E-state index contributed by atoms with van der Waals surface area (Å²) in [4.78, 5) is 11.1. The third kappa shape index (κ3) is 2.74. The van der Waals surface area contributed by atoms with Crippen LogP contribution in [0.5, 0.6) is 5.75 Å². The van der Waals surface area contributed by atoms with E-state index in [0.717, 1.165) is 6.26 Å². The number of rotatable bonds is 2. The summed E-state index contributed by atoms with van der Waals surface area (Å²) in [5.41, 5.74) is -0.182. The van der Waals surface area contributed by atoms with Crippen molar-refractivity contribution in [1.82, 2.24) is 0 Å². The minimum absolute atomic E-state index is 0.182. The van der Waals surface area contributed by atoms with Crippen LogP contribution in [0.15, 0.2) is 24.3 Å². The number of phenolic OH excluding ortho intramolecular Hbond substituents is 1. The highest BCUT2D eigenvalue weighted by molar-refractivity contribution is 7.86. The molecule has 1 N–H and O–H groups in total. The van der Waals surface area contributed by atoms with Crippen LogP contribution < -0.4 is 0 Å². The lowest BCUT2D eigenvalue weighted by Gasteiger charge is -2.02. The van der Waals surface area contributed by atoms with Gasteiger partial charge in [0, 0.05) is 0 Å². The van der Waals surface area contributed by atoms with E-state index in [4.69, 9.17) is 0 Å². The number of hydrogen-bond acceptors (Lipinski definition) is 5. The zero-order chi connectivity index (χ0) is 10.8. The molecule has 0 heterocycles. The number of hydrogen-bond donors (Lipinski definition) is 1. The molecule has 0 aliphatic rings. The summed E-state index contributed by atoms with van der Waals surface area (Å²) in [7, 11) is -3.85. The molecule has 0 aliphatic carbocycles. The maximum atomic E-state index is 11.1. The predicted molar refractivity (Wildman–Crippen MR) is 48.4 cm³/mol. The molecular formula is C8H8O5S. The largest absolute Gasteiger partial charge is 0.507 e. The Hall–Kier alpha value is -1.56. The van der Waals surface area contributed by atoms with E-state index >= 15 is 0 Å². The number of carbonyl (C=O) groups is 1. The van der Waals surface area contributed by atoms with Crippen molar-refractivity contribution >= 4 is 16.1 Å². The first-order valence-electron chi connectivity index (χ1n) is 3.62. The van der Waals surface area contributed by atoms with E-state index in [-0.39, 0.29) is 11.3 Å². The summed E-state index contributed by atoms with van der Waals surface area (Å²) in [6, 6.07) is 5.52. The van der Waals surface area contributed by atoms with Crippen LogP contribution in [0.25, 0.3) is 0 Å². The summed E-state index contributed by atoms with van der Waals surface area (Å²) in [5, 5.41) is 9.18. The average molecular weight is 216 g/mol. The Labute approximate surface area is 81.1 Å². The molecule has 0 aromatic heterocycles. The molecular weight excluding hydrogens is 208 g/mol. The van der Waals surface area contributed by atoms with Gasteiger partial charge in [0.15, 0.2) is 0 Å². The fourth-order valence-electron chi connectivity index (χ4n) is 0.829. The van der Waals surface area contributed by atoms with Crippen molar-refractivity contribution in [1.29, 1.82) is 0 Å². The van der Waals surface area contributed by atoms with E-state index < -0.39 is 16.1 Å². The van der Waals surface area contributed by atoms with E-state index in [2.05, 4.69) is 4.18 Å². The molecule has 1 rings (SSSR count). The second kappa shape index (κ2) is 3.67. The minimum atomic E-state index is -3.85. The van der Waals surface area contributed by atoms with Crippen LogP contribution >= 0.6 is 0 Å². The molecule has 76 valence electrons. The Morgan fingerprint density at radius 3 is 2.43 bits per heavy atom. The maximum absolute atomic E-state index is 11.1. The third-order valence-electron chi connectivity index (χ3n) is 1.35. The second-order valence-electron chi connectivity index (χ2n) is 2.59. The molecule has 0 atom stereocenters. The van der Waals surface area contributed by atoms with Gasteiger partial charge < -0.3 is 9.29 Å². The molecule has 0 unspecified atom stereocenters. The number of benzene rings is 1. The van der Waals surface area contributed by atoms with Gasteiger partial charge in [0.25, 0.3) is 0 Å². The van der Waals surface area contributed by atoms with Gasteiger partial charge in [-0.2, -0.15) is 8.42 Å². The lowest BCUT2D eigenvalue weighted by Crippen LogP contribution is -2.11. The van der Waals surface area contributed by atoms with Gasteiger partial charge in [-0.25, -0.2) is 4.79 Å². The van der Waals surface area contributed by atoms with Crippen molar-refractivity contribution in [3.63, 3.8) is 0 Å². The quantitative estimate of drug-likeness (QED) is 0.728. The molecule has 0 saturated heterocycles. The van der Waals surface area contributed by atoms with Crippen LogP contribution in [0.3, 0.4) is 0 Å². The number of aromatic hydroxyl groups is 1. The topological polar surface area (TPSA) is 80.7 Å². The SMILES string of the molecule is CS(=O)(=O)OC(=O)c1ccccc1O. The van der Waals surface area contributed by atoms with Crippen molar-refractivity contribution in [2.24, 2.45) is 0 Å².